The van der Waals surface area contributed by atoms with Crippen molar-refractivity contribution >= 4 is 27.1 Å². The third-order valence-corrected chi connectivity index (χ3v) is 5.32. The number of thiophene rings is 1. The van der Waals surface area contributed by atoms with Crippen molar-refractivity contribution in [3.63, 3.8) is 0 Å². The summed E-state index contributed by atoms with van der Waals surface area (Å²) in [5.74, 6) is 0. The zero-order valence-corrected chi connectivity index (χ0v) is 13.0. The molecule has 0 unspecified atom stereocenters. The molecule has 1 heterocycles. The van der Waals surface area contributed by atoms with Gasteiger partial charge in [0.1, 0.15) is 0 Å². The van der Waals surface area contributed by atoms with E-state index in [1.165, 1.54) is 17.0 Å². The third-order valence-electron chi connectivity index (χ3n) is 2.75. The first-order valence-electron chi connectivity index (χ1n) is 6.23. The van der Waals surface area contributed by atoms with Crippen LogP contribution in [-0.4, -0.2) is 14.1 Å². The first-order chi connectivity index (χ1) is 9.53. The number of hydrogen-bond donors (Lipinski definition) is 1. The Morgan fingerprint density at radius 2 is 1.90 bits per heavy atom. The molecule has 4 nitrogen and oxygen atoms in total. The van der Waals surface area contributed by atoms with Crippen molar-refractivity contribution in [2.45, 2.75) is 25.2 Å². The smallest absolute Gasteiger partial charge is 0.200 e. The van der Waals surface area contributed by atoms with Crippen LogP contribution in [0.25, 0.3) is 0 Å². The molecule has 20 heavy (non-hydrogen) atoms. The molecule has 0 radical (unpaired) electrons. The van der Waals surface area contributed by atoms with Crippen molar-refractivity contribution in [1.29, 1.82) is 0 Å². The normalized spacial score (nSPS) is 12.4. The van der Waals surface area contributed by atoms with E-state index < -0.39 is 10.0 Å². The Balaban J connectivity index is 2.16. The van der Waals surface area contributed by atoms with Gasteiger partial charge in [0.15, 0.2) is 0 Å². The van der Waals surface area contributed by atoms with Crippen LogP contribution in [0.2, 0.25) is 0 Å². The predicted octanol–water partition coefficient (Wildman–Crippen LogP) is 3.01. The Kier molecular flexibility index (Phi) is 4.57. The van der Waals surface area contributed by atoms with Gasteiger partial charge in [-0.05, 0) is 37.6 Å². The van der Waals surface area contributed by atoms with E-state index in [4.69, 9.17) is 0 Å². The van der Waals surface area contributed by atoms with E-state index in [0.29, 0.717) is 5.71 Å². The van der Waals surface area contributed by atoms with Crippen molar-refractivity contribution in [2.75, 3.05) is 0 Å². The molecule has 0 saturated heterocycles. The summed E-state index contributed by atoms with van der Waals surface area (Å²) in [6, 6.07) is 12.2. The van der Waals surface area contributed by atoms with Crippen molar-refractivity contribution in [2.24, 2.45) is 5.10 Å². The number of aryl methyl sites for hydroxylation is 1. The summed E-state index contributed by atoms with van der Waals surface area (Å²) in [4.78, 5) is 4.69. The molecule has 1 aromatic carbocycles. The number of rotatable bonds is 5. The number of nitrogens with zero attached hydrogens (tertiary/aromatic N) is 1. The van der Waals surface area contributed by atoms with E-state index in [0.717, 1.165) is 11.3 Å². The average Bonchev–Trinajstić information content (AvgIpc) is 2.95. The van der Waals surface area contributed by atoms with E-state index in [1.807, 2.05) is 12.1 Å². The Hall–Kier alpha value is -1.66. The van der Waals surface area contributed by atoms with E-state index in [9.17, 15) is 8.42 Å². The van der Waals surface area contributed by atoms with Gasteiger partial charge >= 0.3 is 0 Å². The molecule has 0 bridgehead atoms. The van der Waals surface area contributed by atoms with Crippen LogP contribution in [0.5, 0.6) is 0 Å². The molecule has 106 valence electrons. The van der Waals surface area contributed by atoms with Crippen LogP contribution in [0.4, 0.5) is 0 Å². The summed E-state index contributed by atoms with van der Waals surface area (Å²) in [6.45, 7) is 3.87. The van der Waals surface area contributed by atoms with Crippen molar-refractivity contribution < 1.29 is 8.42 Å². The van der Waals surface area contributed by atoms with Crippen LogP contribution in [0.15, 0.2) is 52.5 Å². The fraction of sp³-hybridized carbons (Fsp3) is 0.214. The second kappa shape index (κ2) is 6.19. The minimum atomic E-state index is -3.59. The summed E-state index contributed by atoms with van der Waals surface area (Å²) in [7, 11) is -3.59. The number of benzene rings is 1. The summed E-state index contributed by atoms with van der Waals surface area (Å²) in [5.41, 5.74) is 0.661. The molecule has 0 fully saturated rings. The molecule has 0 spiro atoms. The van der Waals surface area contributed by atoms with Gasteiger partial charge < -0.3 is 0 Å². The highest BCUT2D eigenvalue weighted by Crippen LogP contribution is 2.17. The molecule has 0 aliphatic heterocycles. The Morgan fingerprint density at radius 3 is 2.50 bits per heavy atom. The molecule has 0 atom stereocenters. The Bertz CT molecular complexity index is 704. The van der Waals surface area contributed by atoms with Crippen LogP contribution in [-0.2, 0) is 16.4 Å². The molecular weight excluding hydrogens is 292 g/mol. The summed E-state index contributed by atoms with van der Waals surface area (Å²) >= 11 is 1.62. The van der Waals surface area contributed by atoms with E-state index in [2.05, 4.69) is 16.9 Å². The predicted molar refractivity (Wildman–Crippen MR) is 82.7 cm³/mol. The molecule has 2 rings (SSSR count). The van der Waals surface area contributed by atoms with Gasteiger partial charge in [0, 0.05) is 4.88 Å². The second-order valence-corrected chi connectivity index (χ2v) is 7.05. The maximum Gasteiger partial charge on any atom is 0.276 e. The van der Waals surface area contributed by atoms with Crippen molar-refractivity contribution in [3.05, 3.63) is 52.2 Å². The van der Waals surface area contributed by atoms with Gasteiger partial charge in [-0.25, -0.2) is 0 Å². The molecule has 0 amide bonds. The topological polar surface area (TPSA) is 58.5 Å². The second-order valence-electron chi connectivity index (χ2n) is 4.22. The summed E-state index contributed by atoms with van der Waals surface area (Å²) in [6.07, 6.45) is 0.966. The van der Waals surface area contributed by atoms with Crippen molar-refractivity contribution in [3.8, 4) is 0 Å². The monoisotopic (exact) mass is 308 g/mol. The first-order valence-corrected chi connectivity index (χ1v) is 8.53. The molecule has 2 aromatic rings. The maximum absolute atomic E-state index is 12.0. The van der Waals surface area contributed by atoms with Gasteiger partial charge in [-0.15, -0.1) is 11.3 Å². The van der Waals surface area contributed by atoms with E-state index >= 15 is 0 Å². The highest BCUT2D eigenvalue weighted by Gasteiger charge is 2.12. The fourth-order valence-electron chi connectivity index (χ4n) is 1.60. The third kappa shape index (κ3) is 3.46. The van der Waals surface area contributed by atoms with Crippen molar-refractivity contribution in [1.82, 2.24) is 4.83 Å². The number of sulfonamides is 1. The molecule has 0 aliphatic carbocycles. The Morgan fingerprint density at radius 1 is 1.20 bits per heavy atom. The minimum Gasteiger partial charge on any atom is -0.200 e. The van der Waals surface area contributed by atoms with Crippen LogP contribution < -0.4 is 4.83 Å². The first kappa shape index (κ1) is 14.7. The fourth-order valence-corrected chi connectivity index (χ4v) is 3.37. The van der Waals surface area contributed by atoms with Crippen LogP contribution in [0, 0.1) is 0 Å². The van der Waals surface area contributed by atoms with Gasteiger partial charge in [0.2, 0.25) is 0 Å². The highest BCUT2D eigenvalue weighted by atomic mass is 32.2. The van der Waals surface area contributed by atoms with Gasteiger partial charge in [0.05, 0.1) is 15.5 Å². The van der Waals surface area contributed by atoms with Crippen LogP contribution in [0.1, 0.15) is 23.6 Å². The molecule has 0 saturated carbocycles. The Labute approximate surface area is 123 Å². The van der Waals surface area contributed by atoms with Gasteiger partial charge in [-0.1, -0.05) is 25.1 Å². The average molecular weight is 308 g/mol. The van der Waals surface area contributed by atoms with Crippen LogP contribution >= 0.6 is 11.3 Å². The number of nitrogens with one attached hydrogen (secondary N) is 1. The lowest BCUT2D eigenvalue weighted by Crippen LogP contribution is -2.19. The maximum atomic E-state index is 12.0. The molecule has 6 heteroatoms. The summed E-state index contributed by atoms with van der Waals surface area (Å²) < 4.78 is 24.0. The van der Waals surface area contributed by atoms with Crippen LogP contribution in [0.3, 0.4) is 0 Å². The standard InChI is InChI=1S/C14H16N2O2S2/c1-3-12-9-10-14(19-12)11(2)15-16-20(17,18)13-7-5-4-6-8-13/h4-10,16H,3H2,1-2H3. The number of hydrogen-bond acceptors (Lipinski definition) is 4. The molecule has 0 aliphatic rings. The number of hydrazone groups is 1. The van der Waals surface area contributed by atoms with E-state index in [1.54, 1.807) is 36.5 Å². The van der Waals surface area contributed by atoms with Gasteiger partial charge in [0.25, 0.3) is 10.0 Å². The van der Waals surface area contributed by atoms with Gasteiger partial charge in [-0.2, -0.15) is 18.4 Å². The zero-order chi connectivity index (χ0) is 14.6. The van der Waals surface area contributed by atoms with Gasteiger partial charge in [-0.3, -0.25) is 0 Å². The molecular formula is C14H16N2O2S2. The largest absolute Gasteiger partial charge is 0.276 e. The summed E-state index contributed by atoms with van der Waals surface area (Å²) in [5, 5.41) is 3.98. The minimum absolute atomic E-state index is 0.206. The lowest BCUT2D eigenvalue weighted by Gasteiger charge is -2.04. The molecule has 1 N–H and O–H groups in total. The SMILES string of the molecule is CCc1ccc(C(C)=NNS(=O)(=O)c2ccccc2)s1. The van der Waals surface area contributed by atoms with E-state index in [-0.39, 0.29) is 4.90 Å². The lowest BCUT2D eigenvalue weighted by atomic mass is 10.3. The molecule has 1 aromatic heterocycles. The quantitative estimate of drug-likeness (QED) is 0.682. The zero-order valence-electron chi connectivity index (χ0n) is 11.3. The lowest BCUT2D eigenvalue weighted by molar-refractivity contribution is 0.584. The highest BCUT2D eigenvalue weighted by molar-refractivity contribution is 7.89.